The van der Waals surface area contributed by atoms with Crippen molar-refractivity contribution >= 4 is 57.2 Å². The summed E-state index contributed by atoms with van der Waals surface area (Å²) in [5, 5.41) is 6.25. The van der Waals surface area contributed by atoms with E-state index in [4.69, 9.17) is 47.1 Å². The molecule has 0 spiro atoms. The Kier molecular flexibility index (Phi) is 10.7. The Bertz CT molecular complexity index is 1760. The number of rotatable bonds is 11. The highest BCUT2D eigenvalue weighted by molar-refractivity contribution is 8.14. The highest BCUT2D eigenvalue weighted by atomic mass is 35.5. The van der Waals surface area contributed by atoms with Crippen molar-refractivity contribution in [3.05, 3.63) is 95.0 Å². The van der Waals surface area contributed by atoms with Crippen molar-refractivity contribution in [2.75, 3.05) is 62.8 Å². The molecule has 0 amide bonds. The van der Waals surface area contributed by atoms with Crippen LogP contribution in [0, 0.1) is 0 Å². The van der Waals surface area contributed by atoms with E-state index in [2.05, 4.69) is 75.0 Å². The third kappa shape index (κ3) is 7.85. The first-order valence-corrected chi connectivity index (χ1v) is 18.4. The number of benzene rings is 3. The van der Waals surface area contributed by atoms with Crippen molar-refractivity contribution in [2.45, 2.75) is 43.8 Å². The monoisotopic (exact) mass is 737 g/mol. The fourth-order valence-corrected chi connectivity index (χ4v) is 8.10. The molecule has 11 nitrogen and oxygen atoms in total. The molecule has 3 aliphatic rings. The molecule has 0 bridgehead atoms. The molecule has 50 heavy (non-hydrogen) atoms. The smallest absolute Gasteiger partial charge is 0.217 e. The van der Waals surface area contributed by atoms with Crippen LogP contribution in [0.4, 0.5) is 17.1 Å². The average Bonchev–Trinajstić information content (AvgIpc) is 3.89. The lowest BCUT2D eigenvalue weighted by Crippen LogP contribution is -2.46. The number of hydrogen-bond donors (Lipinski definition) is 0. The van der Waals surface area contributed by atoms with E-state index < -0.39 is 5.79 Å². The van der Waals surface area contributed by atoms with Gasteiger partial charge in [-0.15, -0.1) is 0 Å². The van der Waals surface area contributed by atoms with Crippen LogP contribution in [-0.4, -0.2) is 95.5 Å². The minimum absolute atomic E-state index is 0.122. The predicted molar refractivity (Wildman–Crippen MR) is 199 cm³/mol. The minimum atomic E-state index is -1.15. The molecule has 264 valence electrons. The number of methoxy groups -OCH3 is 1. The summed E-state index contributed by atoms with van der Waals surface area (Å²) in [7, 11) is 1.76. The van der Waals surface area contributed by atoms with Crippen molar-refractivity contribution in [3.63, 3.8) is 0 Å². The van der Waals surface area contributed by atoms with Gasteiger partial charge in [-0.05, 0) is 74.5 Å². The Hall–Kier alpha value is -3.52. The van der Waals surface area contributed by atoms with E-state index in [9.17, 15) is 0 Å². The lowest BCUT2D eigenvalue weighted by Gasteiger charge is -2.37. The lowest BCUT2D eigenvalue weighted by molar-refractivity contribution is -0.190. The fourth-order valence-electron chi connectivity index (χ4n) is 6.40. The van der Waals surface area contributed by atoms with Crippen molar-refractivity contribution in [1.82, 2.24) is 19.7 Å². The first-order valence-electron chi connectivity index (χ1n) is 16.8. The van der Waals surface area contributed by atoms with E-state index in [0.717, 1.165) is 49.3 Å². The Labute approximate surface area is 307 Å². The van der Waals surface area contributed by atoms with Gasteiger partial charge in [0.25, 0.3) is 0 Å². The number of halogens is 2. The average molecular weight is 739 g/mol. The molecule has 3 saturated heterocycles. The highest BCUT2D eigenvalue weighted by Crippen LogP contribution is 2.40. The Morgan fingerprint density at radius 2 is 1.68 bits per heavy atom. The lowest BCUT2D eigenvalue weighted by atomic mass is 10.1. The Morgan fingerprint density at radius 1 is 0.980 bits per heavy atom. The van der Waals surface area contributed by atoms with Gasteiger partial charge in [0.15, 0.2) is 5.17 Å². The maximum Gasteiger partial charge on any atom is 0.217 e. The first kappa shape index (κ1) is 34.9. The van der Waals surface area contributed by atoms with Gasteiger partial charge in [0.1, 0.15) is 43.1 Å². The summed E-state index contributed by atoms with van der Waals surface area (Å²) in [6.07, 6.45) is 2.77. The van der Waals surface area contributed by atoms with Gasteiger partial charge in [-0.2, -0.15) is 5.10 Å². The van der Waals surface area contributed by atoms with Crippen LogP contribution >= 0.6 is 35.0 Å². The SMILES string of the molecule is COC1CN(C(C)C)/C(=N\c2ccc(N3CCN(c4ccc(OCC5COC(Cn6cncn6)(c6ccc(Cl)cc6Cl)O5)cc4)CC3)cc2)S1. The topological polar surface area (TPSA) is 89.7 Å². The number of aromatic nitrogens is 3. The summed E-state index contributed by atoms with van der Waals surface area (Å²) in [4.78, 5) is 16.1. The van der Waals surface area contributed by atoms with E-state index in [1.807, 2.05) is 18.2 Å². The summed E-state index contributed by atoms with van der Waals surface area (Å²) in [5.74, 6) is -0.382. The number of nitrogens with zero attached hydrogens (tertiary/aromatic N) is 7. The molecule has 4 heterocycles. The number of thioether (sulfide) groups is 1. The molecular formula is C36H41Cl2N7O4S. The molecule has 0 N–H and O–H groups in total. The molecule has 0 saturated carbocycles. The Morgan fingerprint density at radius 3 is 2.30 bits per heavy atom. The van der Waals surface area contributed by atoms with Crippen LogP contribution in [0.3, 0.4) is 0 Å². The number of ether oxygens (including phenoxy) is 4. The fraction of sp³-hybridized carbons (Fsp3) is 0.417. The van der Waals surface area contributed by atoms with Gasteiger partial charge >= 0.3 is 0 Å². The third-order valence-corrected chi connectivity index (χ3v) is 10.8. The second-order valence-electron chi connectivity index (χ2n) is 12.7. The van der Waals surface area contributed by atoms with Gasteiger partial charge in [-0.3, -0.25) is 0 Å². The predicted octanol–water partition coefficient (Wildman–Crippen LogP) is 6.68. The molecule has 0 radical (unpaired) electrons. The summed E-state index contributed by atoms with van der Waals surface area (Å²) in [6, 6.07) is 22.5. The molecule has 0 aliphatic carbocycles. The first-order chi connectivity index (χ1) is 24.3. The van der Waals surface area contributed by atoms with Crippen LogP contribution < -0.4 is 14.5 Å². The Balaban J connectivity index is 0.913. The van der Waals surface area contributed by atoms with Crippen LogP contribution in [0.2, 0.25) is 10.0 Å². The maximum atomic E-state index is 6.59. The van der Waals surface area contributed by atoms with E-state index in [-0.39, 0.29) is 18.1 Å². The van der Waals surface area contributed by atoms with Crippen LogP contribution in [0.1, 0.15) is 19.4 Å². The van der Waals surface area contributed by atoms with Crippen LogP contribution in [0.15, 0.2) is 84.4 Å². The van der Waals surface area contributed by atoms with E-state index in [1.54, 1.807) is 42.0 Å². The molecule has 4 aromatic rings. The number of hydrogen-bond acceptors (Lipinski definition) is 10. The molecule has 7 rings (SSSR count). The molecule has 1 aromatic heterocycles. The molecule has 3 aromatic carbocycles. The summed E-state index contributed by atoms with van der Waals surface area (Å²) in [6.45, 7) is 9.89. The molecule has 3 aliphatic heterocycles. The van der Waals surface area contributed by atoms with Crippen molar-refractivity contribution in [1.29, 1.82) is 0 Å². The van der Waals surface area contributed by atoms with Crippen LogP contribution in [0.5, 0.6) is 5.75 Å². The zero-order valence-electron chi connectivity index (χ0n) is 28.3. The summed E-state index contributed by atoms with van der Waals surface area (Å²) >= 11 is 14.4. The van der Waals surface area contributed by atoms with E-state index in [1.165, 1.54) is 17.7 Å². The standard InChI is InChI=1S/C36H41Cl2N7O4S/c1-25(2)45-19-34(46-3)50-35(45)41-27-5-7-28(8-6-27)42-14-16-43(17-15-42)29-9-11-30(12-10-29)47-20-31-21-48-36(49-31,22-44-24-39-23-40-44)32-13-4-26(37)18-33(32)38/h4-13,18,23-25,31,34H,14-17,19-22H2,1-3H3/b41-35+. The van der Waals surface area contributed by atoms with Gasteiger partial charge in [0.2, 0.25) is 5.79 Å². The van der Waals surface area contributed by atoms with Crippen LogP contribution in [0.25, 0.3) is 0 Å². The normalized spacial score (nSPS) is 23.4. The third-order valence-electron chi connectivity index (χ3n) is 9.11. The van der Waals surface area contributed by atoms with Crippen molar-refractivity contribution in [3.8, 4) is 5.75 Å². The zero-order valence-corrected chi connectivity index (χ0v) is 30.7. The van der Waals surface area contributed by atoms with E-state index >= 15 is 0 Å². The van der Waals surface area contributed by atoms with Crippen LogP contribution in [-0.2, 0) is 26.5 Å². The van der Waals surface area contributed by atoms with Crippen molar-refractivity contribution < 1.29 is 18.9 Å². The number of aliphatic imine (C=N–C) groups is 1. The maximum absolute atomic E-state index is 6.59. The van der Waals surface area contributed by atoms with E-state index in [0.29, 0.717) is 34.9 Å². The number of piperazine rings is 1. The van der Waals surface area contributed by atoms with Crippen molar-refractivity contribution in [2.24, 2.45) is 4.99 Å². The summed E-state index contributed by atoms with van der Waals surface area (Å²) in [5.41, 5.74) is 4.15. The largest absolute Gasteiger partial charge is 0.491 e. The minimum Gasteiger partial charge on any atom is -0.491 e. The highest BCUT2D eigenvalue weighted by Gasteiger charge is 2.45. The second kappa shape index (κ2) is 15.4. The van der Waals surface area contributed by atoms with Gasteiger partial charge in [-0.1, -0.05) is 41.0 Å². The molecule has 14 heteroatoms. The van der Waals surface area contributed by atoms with Gasteiger partial charge in [0, 0.05) is 61.3 Å². The van der Waals surface area contributed by atoms with Gasteiger partial charge in [0.05, 0.1) is 23.9 Å². The van der Waals surface area contributed by atoms with Gasteiger partial charge in [-0.25, -0.2) is 14.7 Å². The quantitative estimate of drug-likeness (QED) is 0.166. The number of amidine groups is 1. The number of anilines is 2. The second-order valence-corrected chi connectivity index (χ2v) is 14.7. The molecular weight excluding hydrogens is 697 g/mol. The van der Waals surface area contributed by atoms with Gasteiger partial charge < -0.3 is 33.6 Å². The summed E-state index contributed by atoms with van der Waals surface area (Å²) < 4.78 is 26.2. The molecule has 3 unspecified atom stereocenters. The zero-order chi connectivity index (χ0) is 34.7. The molecule has 3 fully saturated rings. The molecule has 3 atom stereocenters.